The Labute approximate surface area is 115 Å². The van der Waals surface area contributed by atoms with Crippen LogP contribution in [-0.2, 0) is 16.6 Å². The molecule has 7 heteroatoms. The number of rotatable bonds is 4. The fraction of sp³-hybridized carbons (Fsp3) is 0.0769. The van der Waals surface area contributed by atoms with E-state index in [1.165, 1.54) is 24.3 Å². The van der Waals surface area contributed by atoms with Crippen molar-refractivity contribution in [2.75, 3.05) is 5.32 Å². The molecule has 0 fully saturated rings. The molecular formula is C13H13FN2O3S. The van der Waals surface area contributed by atoms with E-state index in [2.05, 4.69) is 5.32 Å². The Morgan fingerprint density at radius 2 is 1.80 bits per heavy atom. The lowest BCUT2D eigenvalue weighted by Gasteiger charge is -2.09. The van der Waals surface area contributed by atoms with Crippen LogP contribution in [0.3, 0.4) is 0 Å². The lowest BCUT2D eigenvalue weighted by molar-refractivity contribution is 0.475. The largest absolute Gasteiger partial charge is 0.508 e. The molecule has 4 N–H and O–H groups in total. The average molecular weight is 296 g/mol. The molecular weight excluding hydrogens is 283 g/mol. The molecule has 5 nitrogen and oxygen atoms in total. The minimum Gasteiger partial charge on any atom is -0.508 e. The summed E-state index contributed by atoms with van der Waals surface area (Å²) in [5.41, 5.74) is 1.02. The summed E-state index contributed by atoms with van der Waals surface area (Å²) in [6, 6.07) is 9.86. The van der Waals surface area contributed by atoms with Crippen molar-refractivity contribution in [3.63, 3.8) is 0 Å². The van der Waals surface area contributed by atoms with Crippen molar-refractivity contribution < 1.29 is 17.9 Å². The van der Waals surface area contributed by atoms with Crippen molar-refractivity contribution in [1.82, 2.24) is 0 Å². The molecule has 106 valence electrons. The number of benzene rings is 2. The standard InChI is InChI=1S/C13H13FN2O3S/c14-12-7-11(20(15,18)19)5-6-13(12)16-8-9-1-3-10(17)4-2-9/h1-7,16-17H,8H2,(H2,15,18,19). The first-order chi connectivity index (χ1) is 9.36. The third-order valence-electron chi connectivity index (χ3n) is 2.69. The quantitative estimate of drug-likeness (QED) is 0.802. The molecule has 0 atom stereocenters. The van der Waals surface area contributed by atoms with Gasteiger partial charge in [-0.3, -0.25) is 0 Å². The van der Waals surface area contributed by atoms with Crippen molar-refractivity contribution >= 4 is 15.7 Å². The van der Waals surface area contributed by atoms with Crippen LogP contribution in [0.2, 0.25) is 0 Å². The maximum atomic E-state index is 13.7. The topological polar surface area (TPSA) is 92.4 Å². The zero-order valence-electron chi connectivity index (χ0n) is 10.4. The molecule has 0 unspecified atom stereocenters. The van der Waals surface area contributed by atoms with Crippen LogP contribution >= 0.6 is 0 Å². The number of phenolic OH excluding ortho intramolecular Hbond substituents is 1. The SMILES string of the molecule is NS(=O)(=O)c1ccc(NCc2ccc(O)cc2)c(F)c1. The molecule has 0 bridgehead atoms. The number of nitrogens with one attached hydrogen (secondary N) is 1. The van der Waals surface area contributed by atoms with Crippen molar-refractivity contribution in [2.24, 2.45) is 5.14 Å². The summed E-state index contributed by atoms with van der Waals surface area (Å²) in [4.78, 5) is -0.273. The van der Waals surface area contributed by atoms with Crippen molar-refractivity contribution in [3.05, 3.63) is 53.8 Å². The minimum atomic E-state index is -3.91. The maximum absolute atomic E-state index is 13.7. The lowest BCUT2D eigenvalue weighted by Crippen LogP contribution is -2.12. The van der Waals surface area contributed by atoms with Gasteiger partial charge in [-0.15, -0.1) is 0 Å². The molecule has 2 aromatic rings. The van der Waals surface area contributed by atoms with Gasteiger partial charge in [-0.2, -0.15) is 0 Å². The van der Waals surface area contributed by atoms with Gasteiger partial charge >= 0.3 is 0 Å². The van der Waals surface area contributed by atoms with Crippen LogP contribution in [0.1, 0.15) is 5.56 Å². The smallest absolute Gasteiger partial charge is 0.238 e. The van der Waals surface area contributed by atoms with Crippen LogP contribution in [0.25, 0.3) is 0 Å². The van der Waals surface area contributed by atoms with Crippen molar-refractivity contribution in [3.8, 4) is 5.75 Å². The first kappa shape index (κ1) is 14.3. The van der Waals surface area contributed by atoms with E-state index in [-0.39, 0.29) is 16.3 Å². The molecule has 0 aliphatic heterocycles. The zero-order chi connectivity index (χ0) is 14.8. The number of aromatic hydroxyl groups is 1. The van der Waals surface area contributed by atoms with E-state index in [0.29, 0.717) is 6.54 Å². The highest BCUT2D eigenvalue weighted by molar-refractivity contribution is 7.89. The van der Waals surface area contributed by atoms with Gasteiger partial charge in [0.25, 0.3) is 0 Å². The zero-order valence-corrected chi connectivity index (χ0v) is 11.2. The van der Waals surface area contributed by atoms with Gasteiger partial charge in [0.1, 0.15) is 11.6 Å². The van der Waals surface area contributed by atoms with Gasteiger partial charge in [0.2, 0.25) is 10.0 Å². The molecule has 2 aromatic carbocycles. The number of hydrogen-bond donors (Lipinski definition) is 3. The third-order valence-corrected chi connectivity index (χ3v) is 3.60. The van der Waals surface area contributed by atoms with E-state index >= 15 is 0 Å². The Balaban J connectivity index is 2.12. The van der Waals surface area contributed by atoms with Crippen molar-refractivity contribution in [2.45, 2.75) is 11.4 Å². The molecule has 2 rings (SSSR count). The summed E-state index contributed by atoms with van der Waals surface area (Å²) in [5.74, 6) is -0.548. The number of primary sulfonamides is 1. The first-order valence-corrected chi connectivity index (χ1v) is 7.25. The summed E-state index contributed by atoms with van der Waals surface area (Å²) in [6.07, 6.45) is 0. The van der Waals surface area contributed by atoms with Gasteiger partial charge < -0.3 is 10.4 Å². The fourth-order valence-corrected chi connectivity index (χ4v) is 2.15. The number of halogens is 1. The van der Waals surface area contributed by atoms with E-state index in [9.17, 15) is 12.8 Å². The number of sulfonamides is 1. The predicted octanol–water partition coefficient (Wildman–Crippen LogP) is 1.79. The van der Waals surface area contributed by atoms with Crippen LogP contribution < -0.4 is 10.5 Å². The fourth-order valence-electron chi connectivity index (χ4n) is 1.63. The molecule has 0 radical (unpaired) electrons. The molecule has 0 aromatic heterocycles. The maximum Gasteiger partial charge on any atom is 0.238 e. The number of nitrogens with two attached hydrogens (primary N) is 1. The summed E-state index contributed by atoms with van der Waals surface area (Å²) in [7, 11) is -3.91. The van der Waals surface area contributed by atoms with Gasteiger partial charge in [-0.25, -0.2) is 17.9 Å². The molecule has 0 spiro atoms. The Bertz CT molecular complexity index is 715. The third kappa shape index (κ3) is 3.46. The highest BCUT2D eigenvalue weighted by Crippen LogP contribution is 2.19. The van der Waals surface area contributed by atoms with Gasteiger partial charge in [0, 0.05) is 6.54 Å². The Kier molecular flexibility index (Phi) is 3.91. The average Bonchev–Trinajstić information content (AvgIpc) is 2.38. The van der Waals surface area contributed by atoms with Crippen LogP contribution in [0.4, 0.5) is 10.1 Å². The van der Waals surface area contributed by atoms with E-state index < -0.39 is 15.8 Å². The van der Waals surface area contributed by atoms with Gasteiger partial charge in [-0.05, 0) is 35.9 Å². The van der Waals surface area contributed by atoms with Gasteiger partial charge in [0.05, 0.1) is 10.6 Å². The van der Waals surface area contributed by atoms with Gasteiger partial charge in [-0.1, -0.05) is 12.1 Å². The Hall–Kier alpha value is -2.12. The molecule has 0 amide bonds. The number of phenols is 1. The molecule has 20 heavy (non-hydrogen) atoms. The lowest BCUT2D eigenvalue weighted by atomic mass is 10.2. The molecule has 0 aliphatic rings. The molecule has 0 saturated carbocycles. The molecule has 0 aliphatic carbocycles. The van der Waals surface area contributed by atoms with E-state index in [1.807, 2.05) is 0 Å². The van der Waals surface area contributed by atoms with Crippen LogP contribution in [0.5, 0.6) is 5.75 Å². The Morgan fingerprint density at radius 1 is 1.15 bits per heavy atom. The second-order valence-corrected chi connectivity index (χ2v) is 5.77. The monoisotopic (exact) mass is 296 g/mol. The van der Waals surface area contributed by atoms with E-state index in [4.69, 9.17) is 10.2 Å². The number of hydrogen-bond acceptors (Lipinski definition) is 4. The van der Waals surface area contributed by atoms with Crippen LogP contribution in [0, 0.1) is 5.82 Å². The first-order valence-electron chi connectivity index (χ1n) is 5.70. The number of anilines is 1. The summed E-state index contributed by atoms with van der Waals surface area (Å²) < 4.78 is 35.9. The molecule has 0 saturated heterocycles. The van der Waals surface area contributed by atoms with Crippen LogP contribution in [0.15, 0.2) is 47.4 Å². The van der Waals surface area contributed by atoms with Crippen molar-refractivity contribution in [1.29, 1.82) is 0 Å². The second-order valence-electron chi connectivity index (χ2n) is 4.21. The predicted molar refractivity (Wildman–Crippen MR) is 73.2 cm³/mol. The van der Waals surface area contributed by atoms with Crippen LogP contribution in [-0.4, -0.2) is 13.5 Å². The highest BCUT2D eigenvalue weighted by Gasteiger charge is 2.11. The minimum absolute atomic E-state index is 0.150. The van der Waals surface area contributed by atoms with Gasteiger partial charge in [0.15, 0.2) is 0 Å². The van der Waals surface area contributed by atoms with E-state index in [1.54, 1.807) is 12.1 Å². The summed E-state index contributed by atoms with van der Waals surface area (Å²) >= 11 is 0. The summed E-state index contributed by atoms with van der Waals surface area (Å²) in [5, 5.41) is 16.9. The second kappa shape index (κ2) is 5.48. The summed E-state index contributed by atoms with van der Waals surface area (Å²) in [6.45, 7) is 0.339. The molecule has 0 heterocycles. The normalized spacial score (nSPS) is 11.3. The highest BCUT2D eigenvalue weighted by atomic mass is 32.2. The van der Waals surface area contributed by atoms with E-state index in [0.717, 1.165) is 11.6 Å². The Morgan fingerprint density at radius 3 is 2.35 bits per heavy atom.